The lowest BCUT2D eigenvalue weighted by molar-refractivity contribution is 0.103. The number of anilines is 1. The summed E-state index contributed by atoms with van der Waals surface area (Å²) in [4.78, 5) is 12.7. The highest BCUT2D eigenvalue weighted by Crippen LogP contribution is 2.21. The molecule has 0 radical (unpaired) electrons. The highest BCUT2D eigenvalue weighted by molar-refractivity contribution is 7.92. The van der Waals surface area contributed by atoms with Crippen LogP contribution in [-0.2, 0) is 10.0 Å². The predicted octanol–water partition coefficient (Wildman–Crippen LogP) is 5.02. The Morgan fingerprint density at radius 2 is 1.46 bits per heavy atom. The van der Waals surface area contributed by atoms with E-state index in [4.69, 9.17) is 0 Å². The van der Waals surface area contributed by atoms with Crippen LogP contribution in [0.15, 0.2) is 54.6 Å². The number of ketones is 1. The number of rotatable bonds is 11. The van der Waals surface area contributed by atoms with Gasteiger partial charge in [0.15, 0.2) is 5.78 Å². The first-order valence-electron chi connectivity index (χ1n) is 9.23. The fourth-order valence-corrected chi connectivity index (χ4v) is 4.01. The molecule has 0 aliphatic rings. The monoisotopic (exact) mass is 373 g/mol. The average Bonchev–Trinajstić information content (AvgIpc) is 2.65. The van der Waals surface area contributed by atoms with Crippen molar-refractivity contribution < 1.29 is 13.2 Å². The molecular weight excluding hydrogens is 346 g/mol. The van der Waals surface area contributed by atoms with Crippen LogP contribution in [-0.4, -0.2) is 20.0 Å². The molecular formula is C21H27NO3S. The standard InChI is InChI=1S/C21H27NO3S/c1-2-3-4-5-6-12-17-26(24,25)22-20-16-11-10-15-19(20)21(23)18-13-8-7-9-14-18/h7-11,13-16,22H,2-6,12,17H2,1H3. The topological polar surface area (TPSA) is 63.2 Å². The van der Waals surface area contributed by atoms with Gasteiger partial charge in [0.2, 0.25) is 10.0 Å². The molecule has 140 valence electrons. The predicted molar refractivity (Wildman–Crippen MR) is 107 cm³/mol. The van der Waals surface area contributed by atoms with Crippen molar-refractivity contribution in [1.29, 1.82) is 0 Å². The zero-order chi connectivity index (χ0) is 18.8. The van der Waals surface area contributed by atoms with E-state index in [0.717, 1.165) is 19.3 Å². The van der Waals surface area contributed by atoms with Crippen molar-refractivity contribution >= 4 is 21.5 Å². The first-order valence-corrected chi connectivity index (χ1v) is 10.9. The van der Waals surface area contributed by atoms with Crippen molar-refractivity contribution in [2.24, 2.45) is 0 Å². The second kappa shape index (κ2) is 10.1. The second-order valence-electron chi connectivity index (χ2n) is 6.43. The highest BCUT2D eigenvalue weighted by atomic mass is 32.2. The Balaban J connectivity index is 2.02. The van der Waals surface area contributed by atoms with Gasteiger partial charge in [-0.05, 0) is 18.6 Å². The fourth-order valence-electron chi connectivity index (χ4n) is 2.81. The number of sulfonamides is 1. The van der Waals surface area contributed by atoms with E-state index in [2.05, 4.69) is 11.6 Å². The van der Waals surface area contributed by atoms with Gasteiger partial charge in [-0.3, -0.25) is 9.52 Å². The maximum absolute atomic E-state index is 12.7. The fraction of sp³-hybridized carbons (Fsp3) is 0.381. The molecule has 0 spiro atoms. The minimum Gasteiger partial charge on any atom is -0.289 e. The highest BCUT2D eigenvalue weighted by Gasteiger charge is 2.17. The van der Waals surface area contributed by atoms with E-state index in [1.54, 1.807) is 48.5 Å². The van der Waals surface area contributed by atoms with Gasteiger partial charge in [0.1, 0.15) is 0 Å². The van der Waals surface area contributed by atoms with Gasteiger partial charge in [0.25, 0.3) is 0 Å². The van der Waals surface area contributed by atoms with Crippen molar-refractivity contribution in [3.8, 4) is 0 Å². The molecule has 4 nitrogen and oxygen atoms in total. The van der Waals surface area contributed by atoms with Crippen LogP contribution in [0.1, 0.15) is 61.4 Å². The Labute approximate surface area is 156 Å². The molecule has 0 bridgehead atoms. The van der Waals surface area contributed by atoms with Gasteiger partial charge in [0.05, 0.1) is 11.4 Å². The molecule has 26 heavy (non-hydrogen) atoms. The number of hydrogen-bond donors (Lipinski definition) is 1. The van der Waals surface area contributed by atoms with Gasteiger partial charge < -0.3 is 0 Å². The van der Waals surface area contributed by atoms with Crippen molar-refractivity contribution in [2.45, 2.75) is 45.4 Å². The van der Waals surface area contributed by atoms with Gasteiger partial charge >= 0.3 is 0 Å². The van der Waals surface area contributed by atoms with Crippen LogP contribution in [0.4, 0.5) is 5.69 Å². The molecule has 0 atom stereocenters. The van der Waals surface area contributed by atoms with Gasteiger partial charge in [-0.25, -0.2) is 8.42 Å². The summed E-state index contributed by atoms with van der Waals surface area (Å²) in [5, 5.41) is 0. The molecule has 0 heterocycles. The van der Waals surface area contributed by atoms with Crippen LogP contribution in [0.3, 0.4) is 0 Å². The maximum Gasteiger partial charge on any atom is 0.232 e. The molecule has 0 amide bonds. The zero-order valence-electron chi connectivity index (χ0n) is 15.3. The Morgan fingerprint density at radius 1 is 0.846 bits per heavy atom. The van der Waals surface area contributed by atoms with Crippen molar-refractivity contribution in [1.82, 2.24) is 0 Å². The number of carbonyl (C=O) groups excluding carboxylic acids is 1. The molecule has 0 aromatic heterocycles. The maximum atomic E-state index is 12.7. The van der Waals surface area contributed by atoms with E-state index >= 15 is 0 Å². The largest absolute Gasteiger partial charge is 0.289 e. The third-order valence-corrected chi connectivity index (χ3v) is 5.60. The SMILES string of the molecule is CCCCCCCCS(=O)(=O)Nc1ccccc1C(=O)c1ccccc1. The first kappa shape index (κ1) is 20.2. The summed E-state index contributed by atoms with van der Waals surface area (Å²) < 4.78 is 27.3. The summed E-state index contributed by atoms with van der Waals surface area (Å²) in [6.45, 7) is 2.16. The normalized spacial score (nSPS) is 11.3. The lowest BCUT2D eigenvalue weighted by atomic mass is 10.0. The number of unbranched alkanes of at least 4 members (excludes halogenated alkanes) is 5. The molecule has 0 aliphatic heterocycles. The molecule has 1 N–H and O–H groups in total. The Hall–Kier alpha value is -2.14. The lowest BCUT2D eigenvalue weighted by Gasteiger charge is -2.12. The summed E-state index contributed by atoms with van der Waals surface area (Å²) in [7, 11) is -3.47. The summed E-state index contributed by atoms with van der Waals surface area (Å²) >= 11 is 0. The molecule has 0 aliphatic carbocycles. The number of carbonyl (C=O) groups is 1. The van der Waals surface area contributed by atoms with Crippen molar-refractivity contribution in [2.75, 3.05) is 10.5 Å². The summed E-state index contributed by atoms with van der Waals surface area (Å²) in [6.07, 6.45) is 6.12. The molecule has 2 aromatic rings. The van der Waals surface area contributed by atoms with E-state index in [0.29, 0.717) is 23.2 Å². The number of hydrogen-bond acceptors (Lipinski definition) is 3. The Kier molecular flexibility index (Phi) is 7.85. The summed E-state index contributed by atoms with van der Waals surface area (Å²) in [5.41, 5.74) is 1.24. The van der Waals surface area contributed by atoms with Crippen LogP contribution < -0.4 is 4.72 Å². The molecule has 0 fully saturated rings. The van der Waals surface area contributed by atoms with Crippen LogP contribution in [0.5, 0.6) is 0 Å². The van der Waals surface area contributed by atoms with Crippen molar-refractivity contribution in [3.63, 3.8) is 0 Å². The molecule has 2 aromatic carbocycles. The minimum absolute atomic E-state index is 0.0764. The number of nitrogens with one attached hydrogen (secondary N) is 1. The van der Waals surface area contributed by atoms with Crippen LogP contribution in [0.25, 0.3) is 0 Å². The zero-order valence-corrected chi connectivity index (χ0v) is 16.1. The van der Waals surface area contributed by atoms with Gasteiger partial charge in [-0.2, -0.15) is 0 Å². The third kappa shape index (κ3) is 6.30. The minimum atomic E-state index is -3.47. The quantitative estimate of drug-likeness (QED) is 0.444. The lowest BCUT2D eigenvalue weighted by Crippen LogP contribution is -2.18. The van der Waals surface area contributed by atoms with E-state index in [-0.39, 0.29) is 11.5 Å². The second-order valence-corrected chi connectivity index (χ2v) is 8.27. The van der Waals surface area contributed by atoms with Crippen LogP contribution >= 0.6 is 0 Å². The molecule has 0 unspecified atom stereocenters. The van der Waals surface area contributed by atoms with Gasteiger partial charge in [-0.15, -0.1) is 0 Å². The third-order valence-electron chi connectivity index (χ3n) is 4.24. The smallest absolute Gasteiger partial charge is 0.232 e. The van der Waals surface area contributed by atoms with Crippen LogP contribution in [0, 0.1) is 0 Å². The molecule has 5 heteroatoms. The van der Waals surface area contributed by atoms with Gasteiger partial charge in [-0.1, -0.05) is 81.5 Å². The van der Waals surface area contributed by atoms with E-state index in [1.807, 2.05) is 6.07 Å². The summed E-state index contributed by atoms with van der Waals surface area (Å²) in [6, 6.07) is 15.6. The van der Waals surface area contributed by atoms with Gasteiger partial charge in [0, 0.05) is 11.1 Å². The number of benzene rings is 2. The Morgan fingerprint density at radius 3 is 2.19 bits per heavy atom. The molecule has 0 saturated heterocycles. The summed E-state index contributed by atoms with van der Waals surface area (Å²) in [5.74, 6) is -0.115. The first-order chi connectivity index (χ1) is 12.5. The van der Waals surface area contributed by atoms with E-state index in [1.165, 1.54) is 12.8 Å². The number of para-hydroxylation sites is 1. The van der Waals surface area contributed by atoms with Crippen LogP contribution in [0.2, 0.25) is 0 Å². The molecule has 2 rings (SSSR count). The van der Waals surface area contributed by atoms with Crippen molar-refractivity contribution in [3.05, 3.63) is 65.7 Å². The van der Waals surface area contributed by atoms with E-state index < -0.39 is 10.0 Å². The average molecular weight is 374 g/mol. The molecule has 0 saturated carbocycles. The Bertz CT molecular complexity index is 801. The van der Waals surface area contributed by atoms with E-state index in [9.17, 15) is 13.2 Å².